The summed E-state index contributed by atoms with van der Waals surface area (Å²) in [5.41, 5.74) is 2.96. The number of methoxy groups -OCH3 is 4. The van der Waals surface area contributed by atoms with Crippen LogP contribution in [0, 0.1) is 5.25 Å². The van der Waals surface area contributed by atoms with Crippen molar-refractivity contribution >= 4 is 57.7 Å². The van der Waals surface area contributed by atoms with Gasteiger partial charge in [0.25, 0.3) is 10.1 Å². The number of hydrogen-bond donors (Lipinski definition) is 2. The fourth-order valence-corrected chi connectivity index (χ4v) is 13.0. The van der Waals surface area contributed by atoms with E-state index < -0.39 is 61.8 Å². The maximum absolute atomic E-state index is 13.8. The van der Waals surface area contributed by atoms with Crippen LogP contribution in [0.3, 0.4) is 0 Å². The molecular formula is C55H50O17S4. The SMILES string of the molecule is COc1ccc(OC)c(CS(=O)(=O)c2cccc(CCc3ccc(C(=C4C=CC=C[C+]4S(=O)(=O)O)c4ccc(CCc5cccc(S(=O)(=O)Cc6cc(OC)c(S(=O)(=O)O)cc6OC)c5)c(C(=O)[O-])c4)cc3C=O)c2)c1. The van der Waals surface area contributed by atoms with Crippen molar-refractivity contribution in [3.63, 3.8) is 0 Å². The quantitative estimate of drug-likeness (QED) is 0.0393. The molecule has 17 nitrogen and oxygen atoms in total. The fraction of sp³-hybridized carbons (Fsp3) is 0.182. The van der Waals surface area contributed by atoms with E-state index in [0.29, 0.717) is 46.5 Å². The van der Waals surface area contributed by atoms with Crippen molar-refractivity contribution in [1.82, 2.24) is 0 Å². The first-order valence-electron chi connectivity index (χ1n) is 22.9. The molecule has 0 heterocycles. The highest BCUT2D eigenvalue weighted by atomic mass is 32.2. The smallest absolute Gasteiger partial charge is 0.331 e. The third-order valence-corrected chi connectivity index (χ3v) is 17.6. The van der Waals surface area contributed by atoms with Crippen LogP contribution in [0.1, 0.15) is 65.2 Å². The molecule has 0 atom stereocenters. The van der Waals surface area contributed by atoms with Crippen molar-refractivity contribution in [2.45, 2.75) is 51.9 Å². The van der Waals surface area contributed by atoms with E-state index >= 15 is 0 Å². The monoisotopic (exact) mass is 1110 g/mol. The highest BCUT2D eigenvalue weighted by Crippen LogP contribution is 2.39. The highest BCUT2D eigenvalue weighted by molar-refractivity contribution is 7.91. The third kappa shape index (κ3) is 12.9. The van der Waals surface area contributed by atoms with Gasteiger partial charge in [-0.25, -0.2) is 16.8 Å². The number of carbonyl (C=O) groups is 2. The van der Waals surface area contributed by atoms with Crippen LogP contribution < -0.4 is 24.1 Å². The average molecular weight is 1110 g/mol. The van der Waals surface area contributed by atoms with Crippen LogP contribution in [0.4, 0.5) is 0 Å². The van der Waals surface area contributed by atoms with Gasteiger partial charge in [-0.2, -0.15) is 16.8 Å². The molecule has 6 aromatic carbocycles. The predicted octanol–water partition coefficient (Wildman–Crippen LogP) is 7.01. The Balaban J connectivity index is 1.17. The summed E-state index contributed by atoms with van der Waals surface area (Å²) in [5, 5.41) is 12.4. The number of aromatic carboxylic acids is 1. The van der Waals surface area contributed by atoms with Crippen LogP contribution in [0.25, 0.3) is 5.57 Å². The number of benzene rings is 6. The van der Waals surface area contributed by atoms with Crippen molar-refractivity contribution in [2.75, 3.05) is 28.4 Å². The van der Waals surface area contributed by atoms with Gasteiger partial charge in [-0.15, -0.1) is 0 Å². The second-order valence-corrected chi connectivity index (χ2v) is 24.1. The average Bonchev–Trinajstić information content (AvgIpc) is 3.39. The number of carboxylic acids is 1. The molecule has 0 saturated heterocycles. The Hall–Kier alpha value is -7.53. The number of rotatable bonds is 22. The first-order valence-corrected chi connectivity index (χ1v) is 29.1. The Bertz CT molecular complexity index is 3800. The standard InChI is InChI=1S/C55H50O17S4/c1-69-44-23-24-49(70-2)42(28-44)33-73(59,60)45-11-7-9-35(25-45)15-17-37-19-21-39(27-41(37)32-56)54(47-13-5-6-14-52(47)75(63,64)65)40-22-20-38(48(29-40)55(57)58)18-16-36-10-8-12-46(26-36)74(61,62)34-43-30-51(72-4)53(76(66,67)68)31-50(43)71-3/h5-14,19-32H,15-18,33-34H2,1-4H3,(H2-,57,58,63,64,65,66,67,68). The summed E-state index contributed by atoms with van der Waals surface area (Å²) in [6.07, 6.45) is 6.91. The number of ether oxygens (including phenoxy) is 4. The number of sulfone groups is 2. The second kappa shape index (κ2) is 23.2. The topological polar surface area (TPSA) is 271 Å². The fourth-order valence-electron chi connectivity index (χ4n) is 8.77. The van der Waals surface area contributed by atoms with Gasteiger partial charge in [-0.05, 0) is 121 Å². The highest BCUT2D eigenvalue weighted by Gasteiger charge is 2.36. The van der Waals surface area contributed by atoms with Gasteiger partial charge in [0.2, 0.25) is 0 Å². The normalized spacial score (nSPS) is 13.5. The Labute approximate surface area is 441 Å². The minimum absolute atomic E-state index is 0.0142. The summed E-state index contributed by atoms with van der Waals surface area (Å²) in [7, 11) is -12.4. The third-order valence-electron chi connectivity index (χ3n) is 12.5. The molecule has 7 rings (SSSR count). The van der Waals surface area contributed by atoms with Gasteiger partial charge in [0, 0.05) is 63.8 Å². The van der Waals surface area contributed by atoms with Crippen LogP contribution in [-0.2, 0) is 77.1 Å². The van der Waals surface area contributed by atoms with Gasteiger partial charge in [0.15, 0.2) is 24.9 Å². The van der Waals surface area contributed by atoms with E-state index in [1.54, 1.807) is 60.7 Å². The molecule has 0 aromatic heterocycles. The summed E-state index contributed by atoms with van der Waals surface area (Å²) in [6, 6.07) is 28.5. The molecule has 0 spiro atoms. The Morgan fingerprint density at radius 2 is 1.14 bits per heavy atom. The van der Waals surface area contributed by atoms with E-state index in [1.165, 1.54) is 88.1 Å². The lowest BCUT2D eigenvalue weighted by Gasteiger charge is -2.17. The Kier molecular flexibility index (Phi) is 17.1. The van der Waals surface area contributed by atoms with E-state index in [0.717, 1.165) is 19.2 Å². The Morgan fingerprint density at radius 3 is 1.68 bits per heavy atom. The Morgan fingerprint density at radius 1 is 0.579 bits per heavy atom. The first-order chi connectivity index (χ1) is 36.0. The molecule has 1 aliphatic carbocycles. The van der Waals surface area contributed by atoms with Crippen LogP contribution >= 0.6 is 0 Å². The zero-order chi connectivity index (χ0) is 55.2. The molecule has 396 valence electrons. The zero-order valence-electron chi connectivity index (χ0n) is 41.3. The lowest BCUT2D eigenvalue weighted by Crippen LogP contribution is -2.24. The molecule has 0 bridgehead atoms. The van der Waals surface area contributed by atoms with E-state index in [9.17, 15) is 57.5 Å². The molecule has 1 aliphatic rings. The number of carbonyl (C=O) groups excluding carboxylic acids is 2. The molecule has 0 saturated carbocycles. The molecule has 2 N–H and O–H groups in total. The van der Waals surface area contributed by atoms with E-state index in [2.05, 4.69) is 0 Å². The maximum atomic E-state index is 13.8. The molecule has 0 radical (unpaired) electrons. The molecule has 76 heavy (non-hydrogen) atoms. The molecule has 0 aliphatic heterocycles. The minimum atomic E-state index is -4.88. The van der Waals surface area contributed by atoms with E-state index in [-0.39, 0.29) is 90.8 Å². The number of aryl methyl sites for hydroxylation is 4. The number of carboxylic acid groups (broad SMARTS) is 1. The van der Waals surface area contributed by atoms with Crippen molar-refractivity contribution in [1.29, 1.82) is 0 Å². The molecule has 21 heteroatoms. The number of aldehydes is 1. The van der Waals surface area contributed by atoms with Crippen molar-refractivity contribution in [3.8, 4) is 23.0 Å². The molecule has 0 unspecified atom stereocenters. The molecule has 0 amide bonds. The number of hydrogen-bond acceptors (Lipinski definition) is 15. The molecular weight excluding hydrogens is 1060 g/mol. The van der Waals surface area contributed by atoms with Crippen LogP contribution in [0.5, 0.6) is 23.0 Å². The van der Waals surface area contributed by atoms with E-state index in [1.807, 2.05) is 0 Å². The predicted molar refractivity (Wildman–Crippen MR) is 280 cm³/mol. The van der Waals surface area contributed by atoms with Crippen LogP contribution in [0.15, 0.2) is 160 Å². The summed E-state index contributed by atoms with van der Waals surface area (Å²) >= 11 is 0. The summed E-state index contributed by atoms with van der Waals surface area (Å²) < 4.78 is 145. The molecule has 0 fully saturated rings. The van der Waals surface area contributed by atoms with Crippen LogP contribution in [-0.4, -0.2) is 83.5 Å². The number of allylic oxidation sites excluding steroid dienone is 3. The summed E-state index contributed by atoms with van der Waals surface area (Å²) in [6.45, 7) is 0. The van der Waals surface area contributed by atoms with Gasteiger partial charge in [0.1, 0.15) is 39.8 Å². The first kappa shape index (κ1) is 56.2. The van der Waals surface area contributed by atoms with Gasteiger partial charge in [-0.1, -0.05) is 36.4 Å². The van der Waals surface area contributed by atoms with E-state index in [4.69, 9.17) is 18.9 Å². The van der Waals surface area contributed by atoms with Crippen molar-refractivity contribution in [2.24, 2.45) is 0 Å². The summed E-state index contributed by atoms with van der Waals surface area (Å²) in [5.74, 6) is -2.18. The minimum Gasteiger partial charge on any atom is -0.545 e. The van der Waals surface area contributed by atoms with Crippen LogP contribution in [0.2, 0.25) is 0 Å². The lowest BCUT2D eigenvalue weighted by atomic mass is 9.86. The lowest BCUT2D eigenvalue weighted by molar-refractivity contribution is -0.255. The van der Waals surface area contributed by atoms with Gasteiger partial charge in [-0.3, -0.25) is 13.9 Å². The zero-order valence-corrected chi connectivity index (χ0v) is 44.5. The second-order valence-electron chi connectivity index (χ2n) is 17.3. The summed E-state index contributed by atoms with van der Waals surface area (Å²) in [4.78, 5) is 25.0. The van der Waals surface area contributed by atoms with Gasteiger partial charge < -0.3 is 28.8 Å². The van der Waals surface area contributed by atoms with Crippen molar-refractivity contribution < 1.29 is 76.4 Å². The van der Waals surface area contributed by atoms with Crippen molar-refractivity contribution in [3.05, 3.63) is 206 Å². The van der Waals surface area contributed by atoms with Gasteiger partial charge in [0.05, 0.1) is 61.3 Å². The largest absolute Gasteiger partial charge is 0.545 e. The van der Waals surface area contributed by atoms with Gasteiger partial charge >= 0.3 is 10.1 Å². The molecule has 6 aromatic rings. The maximum Gasteiger partial charge on any atom is 0.331 e.